The molecule has 6 heteroatoms. The van der Waals surface area contributed by atoms with Gasteiger partial charge < -0.3 is 10.1 Å². The predicted molar refractivity (Wildman–Crippen MR) is 128 cm³/mol. The average Bonchev–Trinajstić information content (AvgIpc) is 2.83. The quantitative estimate of drug-likeness (QED) is 0.379. The van der Waals surface area contributed by atoms with E-state index in [1.54, 1.807) is 6.07 Å². The Kier molecular flexibility index (Phi) is 6.61. The standard InChI is InChI=1S/C26H21BrN2O3/c1-32-26(31)24(15-17-7-3-2-4-8-17)29-25(30)21-16-23(18-11-13-19(27)14-12-18)28-22-10-6-5-9-20(21)22/h2-14,16,24H,15H2,1H3,(H,29,30)/t24-/m0/s1. The number of halogens is 1. The van der Waals surface area contributed by atoms with Gasteiger partial charge in [-0.3, -0.25) is 4.79 Å². The van der Waals surface area contributed by atoms with Gasteiger partial charge in [0.2, 0.25) is 0 Å². The summed E-state index contributed by atoms with van der Waals surface area (Å²) >= 11 is 3.44. The van der Waals surface area contributed by atoms with Gasteiger partial charge in [0, 0.05) is 21.8 Å². The minimum absolute atomic E-state index is 0.335. The van der Waals surface area contributed by atoms with E-state index >= 15 is 0 Å². The summed E-state index contributed by atoms with van der Waals surface area (Å²) in [6.07, 6.45) is 0.335. The van der Waals surface area contributed by atoms with Crippen molar-refractivity contribution in [1.82, 2.24) is 10.3 Å². The number of hydrogen-bond donors (Lipinski definition) is 1. The maximum Gasteiger partial charge on any atom is 0.328 e. The number of para-hydroxylation sites is 1. The van der Waals surface area contributed by atoms with Crippen LogP contribution in [0, 0.1) is 0 Å². The first-order valence-electron chi connectivity index (χ1n) is 10.1. The van der Waals surface area contributed by atoms with Crippen molar-refractivity contribution in [2.45, 2.75) is 12.5 Å². The highest BCUT2D eigenvalue weighted by Gasteiger charge is 2.24. The summed E-state index contributed by atoms with van der Waals surface area (Å²) in [5.74, 6) is -0.845. The highest BCUT2D eigenvalue weighted by atomic mass is 79.9. The van der Waals surface area contributed by atoms with Crippen LogP contribution < -0.4 is 5.32 Å². The van der Waals surface area contributed by atoms with Crippen LogP contribution in [-0.4, -0.2) is 30.0 Å². The number of esters is 1. The molecule has 0 aliphatic heterocycles. The zero-order chi connectivity index (χ0) is 22.5. The van der Waals surface area contributed by atoms with E-state index in [2.05, 4.69) is 21.2 Å². The lowest BCUT2D eigenvalue weighted by Crippen LogP contribution is -2.43. The van der Waals surface area contributed by atoms with Crippen LogP contribution in [0.15, 0.2) is 89.4 Å². The average molecular weight is 489 g/mol. The summed E-state index contributed by atoms with van der Waals surface area (Å²) in [4.78, 5) is 30.5. The second-order valence-electron chi connectivity index (χ2n) is 7.32. The lowest BCUT2D eigenvalue weighted by molar-refractivity contribution is -0.142. The number of hydrogen-bond acceptors (Lipinski definition) is 4. The first kappa shape index (κ1) is 21.7. The monoisotopic (exact) mass is 488 g/mol. The Hall–Kier alpha value is -3.51. The number of carbonyl (C=O) groups is 2. The molecule has 32 heavy (non-hydrogen) atoms. The van der Waals surface area contributed by atoms with E-state index in [4.69, 9.17) is 9.72 Å². The van der Waals surface area contributed by atoms with E-state index in [0.717, 1.165) is 15.6 Å². The van der Waals surface area contributed by atoms with Gasteiger partial charge in [0.05, 0.1) is 23.9 Å². The molecular weight excluding hydrogens is 468 g/mol. The van der Waals surface area contributed by atoms with Gasteiger partial charge in [-0.1, -0.05) is 76.6 Å². The number of benzene rings is 3. The molecule has 1 atom stereocenters. The third-order valence-corrected chi connectivity index (χ3v) is 5.70. The van der Waals surface area contributed by atoms with Crippen molar-refractivity contribution >= 4 is 38.7 Å². The van der Waals surface area contributed by atoms with Gasteiger partial charge in [0.15, 0.2) is 0 Å². The van der Waals surface area contributed by atoms with Gasteiger partial charge >= 0.3 is 5.97 Å². The molecule has 3 aromatic carbocycles. The maximum atomic E-state index is 13.4. The summed E-state index contributed by atoms with van der Waals surface area (Å²) in [5.41, 5.74) is 3.66. The Morgan fingerprint density at radius 2 is 1.66 bits per heavy atom. The van der Waals surface area contributed by atoms with Crippen LogP contribution in [0.4, 0.5) is 0 Å². The molecular formula is C26H21BrN2O3. The number of ether oxygens (including phenoxy) is 1. The molecule has 1 heterocycles. The second-order valence-corrected chi connectivity index (χ2v) is 8.23. The molecule has 1 amide bonds. The fraction of sp³-hybridized carbons (Fsp3) is 0.115. The Bertz CT molecular complexity index is 1260. The predicted octanol–water partition coefficient (Wildman–Crippen LogP) is 5.18. The van der Waals surface area contributed by atoms with Crippen molar-refractivity contribution in [2.75, 3.05) is 7.11 Å². The fourth-order valence-corrected chi connectivity index (χ4v) is 3.82. The highest BCUT2D eigenvalue weighted by Crippen LogP contribution is 2.26. The van der Waals surface area contributed by atoms with Crippen molar-refractivity contribution in [3.8, 4) is 11.3 Å². The first-order chi connectivity index (χ1) is 15.5. The summed E-state index contributed by atoms with van der Waals surface area (Å²) in [6, 6.07) is 25.7. The smallest absolute Gasteiger partial charge is 0.328 e. The molecule has 0 saturated carbocycles. The fourth-order valence-electron chi connectivity index (χ4n) is 3.55. The minimum Gasteiger partial charge on any atom is -0.467 e. The van der Waals surface area contributed by atoms with Gasteiger partial charge in [-0.05, 0) is 29.8 Å². The molecule has 160 valence electrons. The lowest BCUT2D eigenvalue weighted by Gasteiger charge is -2.18. The molecule has 0 aliphatic rings. The molecule has 4 rings (SSSR count). The third kappa shape index (κ3) is 4.86. The molecule has 4 aromatic rings. The number of carbonyl (C=O) groups excluding carboxylic acids is 2. The normalized spacial score (nSPS) is 11.7. The Morgan fingerprint density at radius 3 is 2.38 bits per heavy atom. The number of methoxy groups -OCH3 is 1. The zero-order valence-electron chi connectivity index (χ0n) is 17.4. The maximum absolute atomic E-state index is 13.4. The van der Waals surface area contributed by atoms with E-state index in [0.29, 0.717) is 28.6 Å². The van der Waals surface area contributed by atoms with Gasteiger partial charge in [0.1, 0.15) is 6.04 Å². The van der Waals surface area contributed by atoms with E-state index in [9.17, 15) is 9.59 Å². The molecule has 0 spiro atoms. The molecule has 0 aliphatic carbocycles. The summed E-state index contributed by atoms with van der Waals surface area (Å²) < 4.78 is 5.90. The number of fused-ring (bicyclic) bond motifs is 1. The van der Waals surface area contributed by atoms with Crippen LogP contribution in [0.2, 0.25) is 0 Å². The van der Waals surface area contributed by atoms with Crippen LogP contribution in [-0.2, 0) is 16.0 Å². The molecule has 1 aromatic heterocycles. The molecule has 0 bridgehead atoms. The SMILES string of the molecule is COC(=O)[C@H](Cc1ccccc1)NC(=O)c1cc(-c2ccc(Br)cc2)nc2ccccc12. The lowest BCUT2D eigenvalue weighted by atomic mass is 10.0. The molecule has 0 unspecified atom stereocenters. The van der Waals surface area contributed by atoms with Gasteiger partial charge in [0.25, 0.3) is 5.91 Å². The first-order valence-corrected chi connectivity index (χ1v) is 10.9. The van der Waals surface area contributed by atoms with Crippen molar-refractivity contribution < 1.29 is 14.3 Å². The number of rotatable bonds is 6. The van der Waals surface area contributed by atoms with Crippen molar-refractivity contribution in [2.24, 2.45) is 0 Å². The Labute approximate surface area is 194 Å². The molecule has 0 radical (unpaired) electrons. The topological polar surface area (TPSA) is 68.3 Å². The zero-order valence-corrected chi connectivity index (χ0v) is 19.0. The van der Waals surface area contributed by atoms with Crippen LogP contribution in [0.1, 0.15) is 15.9 Å². The van der Waals surface area contributed by atoms with Gasteiger partial charge in [-0.2, -0.15) is 0 Å². The Balaban J connectivity index is 1.71. The number of aromatic nitrogens is 1. The summed E-state index contributed by atoms with van der Waals surface area (Å²) in [7, 11) is 1.32. The number of nitrogens with one attached hydrogen (secondary N) is 1. The van der Waals surface area contributed by atoms with E-state index in [-0.39, 0.29) is 5.91 Å². The largest absolute Gasteiger partial charge is 0.467 e. The molecule has 5 nitrogen and oxygen atoms in total. The minimum atomic E-state index is -0.807. The van der Waals surface area contributed by atoms with Crippen LogP contribution in [0.3, 0.4) is 0 Å². The van der Waals surface area contributed by atoms with Gasteiger partial charge in [-0.15, -0.1) is 0 Å². The highest BCUT2D eigenvalue weighted by molar-refractivity contribution is 9.10. The van der Waals surface area contributed by atoms with Crippen molar-refractivity contribution in [3.63, 3.8) is 0 Å². The number of pyridine rings is 1. The third-order valence-electron chi connectivity index (χ3n) is 5.17. The van der Waals surface area contributed by atoms with E-state index in [1.807, 2.05) is 78.9 Å². The van der Waals surface area contributed by atoms with E-state index < -0.39 is 12.0 Å². The van der Waals surface area contributed by atoms with E-state index in [1.165, 1.54) is 7.11 Å². The molecule has 1 N–H and O–H groups in total. The van der Waals surface area contributed by atoms with Gasteiger partial charge in [-0.25, -0.2) is 9.78 Å². The van der Waals surface area contributed by atoms with Crippen LogP contribution in [0.5, 0.6) is 0 Å². The molecule has 0 saturated heterocycles. The van der Waals surface area contributed by atoms with Crippen LogP contribution in [0.25, 0.3) is 22.2 Å². The van der Waals surface area contributed by atoms with Crippen molar-refractivity contribution in [3.05, 3.63) is 101 Å². The summed E-state index contributed by atoms with van der Waals surface area (Å²) in [5, 5.41) is 3.58. The Morgan fingerprint density at radius 1 is 0.969 bits per heavy atom. The second kappa shape index (κ2) is 9.75. The summed E-state index contributed by atoms with van der Waals surface area (Å²) in [6.45, 7) is 0. The van der Waals surface area contributed by atoms with Crippen LogP contribution >= 0.6 is 15.9 Å². The number of amides is 1. The molecule has 0 fully saturated rings. The van der Waals surface area contributed by atoms with Crippen molar-refractivity contribution in [1.29, 1.82) is 0 Å². The number of nitrogens with zero attached hydrogens (tertiary/aromatic N) is 1.